The lowest BCUT2D eigenvalue weighted by molar-refractivity contribution is 0.0780. The number of amides is 1. The largest absolute Gasteiger partial charge is 0.334 e. The van der Waals surface area contributed by atoms with Gasteiger partial charge in [0.1, 0.15) is 18.0 Å². The number of carbonyl (C=O) groups excluding carboxylic acids is 1. The van der Waals surface area contributed by atoms with E-state index in [0.29, 0.717) is 21.5 Å². The highest BCUT2D eigenvalue weighted by atomic mass is 127. The number of benzene rings is 1. The van der Waals surface area contributed by atoms with Crippen LogP contribution in [-0.4, -0.2) is 33.0 Å². The highest BCUT2D eigenvalue weighted by molar-refractivity contribution is 14.1. The van der Waals surface area contributed by atoms with Gasteiger partial charge in [0.05, 0.1) is 12.1 Å². The minimum absolute atomic E-state index is 0.184. The Balaban J connectivity index is 2.15. The molecule has 7 heteroatoms. The number of carbonyl (C=O) groups is 1. The maximum atomic E-state index is 13.0. The molecule has 1 amide bonds. The summed E-state index contributed by atoms with van der Waals surface area (Å²) in [5.41, 5.74) is 0.471. The first kappa shape index (κ1) is 12.9. The van der Waals surface area contributed by atoms with Crippen molar-refractivity contribution in [3.63, 3.8) is 0 Å². The molecule has 0 aliphatic heterocycles. The van der Waals surface area contributed by atoms with Crippen molar-refractivity contribution in [3.8, 4) is 0 Å². The Morgan fingerprint density at radius 1 is 1.56 bits per heavy atom. The fraction of sp³-hybridized carbons (Fsp3) is 0.182. The minimum Gasteiger partial charge on any atom is -0.334 e. The third-order valence-electron chi connectivity index (χ3n) is 2.36. The second-order valence-corrected chi connectivity index (χ2v) is 4.88. The average Bonchev–Trinajstić information content (AvgIpc) is 2.81. The summed E-state index contributed by atoms with van der Waals surface area (Å²) in [5, 5.41) is 6.39. The molecule has 0 aliphatic rings. The topological polar surface area (TPSA) is 61.9 Å². The summed E-state index contributed by atoms with van der Waals surface area (Å²) in [5.74, 6) is 0.0626. The van der Waals surface area contributed by atoms with Gasteiger partial charge in [0.2, 0.25) is 0 Å². The van der Waals surface area contributed by atoms with Gasteiger partial charge in [-0.05, 0) is 40.8 Å². The summed E-state index contributed by atoms with van der Waals surface area (Å²) in [7, 11) is 1.66. The predicted octanol–water partition coefficient (Wildman–Crippen LogP) is 1.82. The Hall–Kier alpha value is -1.51. The SMILES string of the molecule is CN(Cc1ncn[nH]1)C(=O)c1ccc(F)cc1I. The summed E-state index contributed by atoms with van der Waals surface area (Å²) < 4.78 is 13.5. The molecule has 0 bridgehead atoms. The van der Waals surface area contributed by atoms with Gasteiger partial charge in [0.25, 0.3) is 5.91 Å². The average molecular weight is 360 g/mol. The second kappa shape index (κ2) is 5.42. The Labute approximate surface area is 117 Å². The molecular formula is C11H10FIN4O. The molecule has 1 aromatic heterocycles. The van der Waals surface area contributed by atoms with E-state index in [4.69, 9.17) is 0 Å². The van der Waals surface area contributed by atoms with E-state index >= 15 is 0 Å². The first-order valence-electron chi connectivity index (χ1n) is 5.12. The third kappa shape index (κ3) is 2.84. The quantitative estimate of drug-likeness (QED) is 0.850. The number of aromatic nitrogens is 3. The summed E-state index contributed by atoms with van der Waals surface area (Å²) in [6.07, 6.45) is 1.38. The number of hydrogen-bond acceptors (Lipinski definition) is 3. The molecule has 0 aliphatic carbocycles. The molecule has 2 rings (SSSR count). The van der Waals surface area contributed by atoms with E-state index in [1.165, 1.54) is 29.4 Å². The molecule has 1 heterocycles. The van der Waals surface area contributed by atoms with Crippen LogP contribution in [0.3, 0.4) is 0 Å². The van der Waals surface area contributed by atoms with E-state index < -0.39 is 0 Å². The van der Waals surface area contributed by atoms with Crippen molar-refractivity contribution in [1.82, 2.24) is 20.1 Å². The van der Waals surface area contributed by atoms with Crippen LogP contribution in [0, 0.1) is 9.39 Å². The number of hydrogen-bond donors (Lipinski definition) is 1. The van der Waals surface area contributed by atoms with Crippen LogP contribution in [0.2, 0.25) is 0 Å². The molecule has 0 radical (unpaired) electrons. The van der Waals surface area contributed by atoms with Crippen LogP contribution >= 0.6 is 22.6 Å². The lowest BCUT2D eigenvalue weighted by atomic mass is 10.2. The monoisotopic (exact) mass is 360 g/mol. The molecule has 0 unspecified atom stereocenters. The molecule has 1 aromatic carbocycles. The molecule has 0 saturated carbocycles. The van der Waals surface area contributed by atoms with Gasteiger partial charge in [-0.3, -0.25) is 9.89 Å². The minimum atomic E-state index is -0.353. The van der Waals surface area contributed by atoms with Gasteiger partial charge in [-0.15, -0.1) is 0 Å². The molecule has 5 nitrogen and oxygen atoms in total. The second-order valence-electron chi connectivity index (χ2n) is 3.72. The lowest BCUT2D eigenvalue weighted by Gasteiger charge is -2.16. The predicted molar refractivity (Wildman–Crippen MR) is 71.3 cm³/mol. The summed E-state index contributed by atoms with van der Waals surface area (Å²) in [4.78, 5) is 17.6. The Morgan fingerprint density at radius 3 is 2.94 bits per heavy atom. The molecular weight excluding hydrogens is 350 g/mol. The van der Waals surface area contributed by atoms with E-state index in [9.17, 15) is 9.18 Å². The highest BCUT2D eigenvalue weighted by Gasteiger charge is 2.16. The van der Waals surface area contributed by atoms with E-state index in [1.807, 2.05) is 22.6 Å². The molecule has 2 aromatic rings. The number of H-pyrrole nitrogens is 1. The van der Waals surface area contributed by atoms with Crippen molar-refractivity contribution in [2.75, 3.05) is 7.05 Å². The molecule has 0 saturated heterocycles. The Bertz CT molecular complexity index is 558. The van der Waals surface area contributed by atoms with Crippen LogP contribution < -0.4 is 0 Å². The van der Waals surface area contributed by atoms with Gasteiger partial charge in [-0.25, -0.2) is 9.37 Å². The zero-order valence-electron chi connectivity index (χ0n) is 9.52. The maximum Gasteiger partial charge on any atom is 0.255 e. The van der Waals surface area contributed by atoms with Crippen LogP contribution in [0.15, 0.2) is 24.5 Å². The van der Waals surface area contributed by atoms with Gasteiger partial charge in [0.15, 0.2) is 0 Å². The lowest BCUT2D eigenvalue weighted by Crippen LogP contribution is -2.27. The molecule has 0 atom stereocenters. The maximum absolute atomic E-state index is 13.0. The molecule has 0 spiro atoms. The van der Waals surface area contributed by atoms with Crippen molar-refractivity contribution in [2.45, 2.75) is 6.54 Å². The number of halogens is 2. The molecule has 1 N–H and O–H groups in total. The van der Waals surface area contributed by atoms with Crippen LogP contribution in [0.4, 0.5) is 4.39 Å². The third-order valence-corrected chi connectivity index (χ3v) is 3.25. The highest BCUT2D eigenvalue weighted by Crippen LogP contribution is 2.16. The van der Waals surface area contributed by atoms with Crippen LogP contribution in [0.5, 0.6) is 0 Å². The summed E-state index contributed by atoms with van der Waals surface area (Å²) >= 11 is 1.94. The van der Waals surface area contributed by atoms with Gasteiger partial charge >= 0.3 is 0 Å². The van der Waals surface area contributed by atoms with Crippen molar-refractivity contribution >= 4 is 28.5 Å². The zero-order valence-corrected chi connectivity index (χ0v) is 11.7. The van der Waals surface area contributed by atoms with Crippen LogP contribution in [-0.2, 0) is 6.54 Å². The van der Waals surface area contributed by atoms with Crippen molar-refractivity contribution in [1.29, 1.82) is 0 Å². The van der Waals surface area contributed by atoms with E-state index in [2.05, 4.69) is 15.2 Å². The fourth-order valence-corrected chi connectivity index (χ4v) is 2.18. The smallest absolute Gasteiger partial charge is 0.255 e. The first-order valence-corrected chi connectivity index (χ1v) is 6.20. The number of rotatable bonds is 3. The van der Waals surface area contributed by atoms with E-state index in [0.717, 1.165) is 0 Å². The van der Waals surface area contributed by atoms with Gasteiger partial charge in [0, 0.05) is 10.6 Å². The normalized spacial score (nSPS) is 10.4. The molecule has 18 heavy (non-hydrogen) atoms. The van der Waals surface area contributed by atoms with Crippen molar-refractivity contribution < 1.29 is 9.18 Å². The van der Waals surface area contributed by atoms with Crippen LogP contribution in [0.25, 0.3) is 0 Å². The van der Waals surface area contributed by atoms with Gasteiger partial charge < -0.3 is 4.90 Å². The zero-order chi connectivity index (χ0) is 13.1. The van der Waals surface area contributed by atoms with E-state index in [1.54, 1.807) is 7.05 Å². The Morgan fingerprint density at radius 2 is 2.33 bits per heavy atom. The summed E-state index contributed by atoms with van der Waals surface area (Å²) in [6.45, 7) is 0.326. The van der Waals surface area contributed by atoms with Gasteiger partial charge in [-0.2, -0.15) is 5.10 Å². The van der Waals surface area contributed by atoms with Crippen molar-refractivity contribution in [3.05, 3.63) is 45.3 Å². The Kier molecular flexibility index (Phi) is 3.90. The standard InChI is InChI=1S/C11H10FIN4O/c1-17(5-10-14-6-15-16-10)11(18)8-3-2-7(12)4-9(8)13/h2-4,6H,5H2,1H3,(H,14,15,16). The molecule has 0 fully saturated rings. The van der Waals surface area contributed by atoms with Crippen LogP contribution in [0.1, 0.15) is 16.2 Å². The van der Waals surface area contributed by atoms with Crippen molar-refractivity contribution in [2.24, 2.45) is 0 Å². The number of aromatic amines is 1. The number of nitrogens with one attached hydrogen (secondary N) is 1. The first-order chi connectivity index (χ1) is 8.58. The van der Waals surface area contributed by atoms with Gasteiger partial charge in [-0.1, -0.05) is 0 Å². The fourth-order valence-electron chi connectivity index (χ4n) is 1.47. The number of nitrogens with zero attached hydrogens (tertiary/aromatic N) is 3. The summed E-state index contributed by atoms with van der Waals surface area (Å²) in [6, 6.07) is 4.09. The molecule has 94 valence electrons. The van der Waals surface area contributed by atoms with E-state index in [-0.39, 0.29) is 11.7 Å².